The van der Waals surface area contributed by atoms with Crippen LogP contribution in [0.1, 0.15) is 39.3 Å². The summed E-state index contributed by atoms with van der Waals surface area (Å²) in [5.74, 6) is 0. The van der Waals surface area contributed by atoms with E-state index in [0.717, 1.165) is 29.4 Å². The highest BCUT2D eigenvalue weighted by molar-refractivity contribution is 5.78. The molecule has 0 radical (unpaired) electrons. The van der Waals surface area contributed by atoms with Gasteiger partial charge in [0.2, 0.25) is 0 Å². The number of para-hydroxylation sites is 1. The molecule has 0 unspecified atom stereocenters. The Morgan fingerprint density at radius 2 is 1.88 bits per heavy atom. The summed E-state index contributed by atoms with van der Waals surface area (Å²) in [6.45, 7) is 7.50. The van der Waals surface area contributed by atoms with Gasteiger partial charge in [-0.25, -0.2) is 4.79 Å². The van der Waals surface area contributed by atoms with Gasteiger partial charge in [0.05, 0.1) is 23.9 Å². The summed E-state index contributed by atoms with van der Waals surface area (Å²) < 4.78 is 11.4. The van der Waals surface area contributed by atoms with Crippen molar-refractivity contribution in [2.24, 2.45) is 0 Å². The molecule has 2 aromatic rings. The minimum absolute atomic E-state index is 0.159. The number of hydrogen-bond acceptors (Lipinski definition) is 4. The van der Waals surface area contributed by atoms with E-state index in [1.165, 1.54) is 0 Å². The summed E-state index contributed by atoms with van der Waals surface area (Å²) in [5.41, 5.74) is 1.48. The van der Waals surface area contributed by atoms with E-state index in [0.29, 0.717) is 19.7 Å². The summed E-state index contributed by atoms with van der Waals surface area (Å²) in [5, 5.41) is 1.14. The zero-order valence-corrected chi connectivity index (χ0v) is 15.2. The SMILES string of the molecule is CC(C)(C)OC(=O)N1CCC(OCc2ccc3ccccc3n2)CC1. The lowest BCUT2D eigenvalue weighted by Crippen LogP contribution is -2.43. The Kier molecular flexibility index (Phi) is 5.23. The first-order valence-corrected chi connectivity index (χ1v) is 8.85. The van der Waals surface area contributed by atoms with Crippen molar-refractivity contribution < 1.29 is 14.3 Å². The van der Waals surface area contributed by atoms with Crippen molar-refractivity contribution in [1.29, 1.82) is 0 Å². The molecule has 0 N–H and O–H groups in total. The molecule has 0 bridgehead atoms. The van der Waals surface area contributed by atoms with Gasteiger partial charge < -0.3 is 14.4 Å². The predicted octanol–water partition coefficient (Wildman–Crippen LogP) is 4.15. The van der Waals surface area contributed by atoms with E-state index in [-0.39, 0.29) is 12.2 Å². The number of nitrogens with zero attached hydrogens (tertiary/aromatic N) is 2. The smallest absolute Gasteiger partial charge is 0.410 e. The van der Waals surface area contributed by atoms with Gasteiger partial charge in [0, 0.05) is 18.5 Å². The molecule has 1 aromatic heterocycles. The fraction of sp³-hybridized carbons (Fsp3) is 0.500. The first-order chi connectivity index (χ1) is 11.9. The molecule has 5 nitrogen and oxygen atoms in total. The van der Waals surface area contributed by atoms with Crippen molar-refractivity contribution >= 4 is 17.0 Å². The van der Waals surface area contributed by atoms with Gasteiger partial charge in [0.15, 0.2) is 0 Å². The van der Waals surface area contributed by atoms with E-state index in [1.807, 2.05) is 45.0 Å². The molecular formula is C20H26N2O3. The highest BCUT2D eigenvalue weighted by Gasteiger charge is 2.27. The minimum atomic E-state index is -0.452. The normalized spacial score (nSPS) is 16.2. The van der Waals surface area contributed by atoms with Gasteiger partial charge in [-0.05, 0) is 45.7 Å². The Labute approximate surface area is 148 Å². The van der Waals surface area contributed by atoms with Crippen molar-refractivity contribution in [3.8, 4) is 0 Å². The molecule has 1 saturated heterocycles. The second-order valence-electron chi connectivity index (χ2n) is 7.47. The number of carbonyl (C=O) groups is 1. The maximum atomic E-state index is 12.1. The molecule has 1 fully saturated rings. The maximum absolute atomic E-state index is 12.1. The third-order valence-electron chi connectivity index (χ3n) is 4.22. The fourth-order valence-electron chi connectivity index (χ4n) is 2.92. The lowest BCUT2D eigenvalue weighted by atomic mass is 10.1. The van der Waals surface area contributed by atoms with Crippen LogP contribution >= 0.6 is 0 Å². The van der Waals surface area contributed by atoms with E-state index < -0.39 is 5.60 Å². The number of aromatic nitrogens is 1. The summed E-state index contributed by atoms with van der Waals surface area (Å²) >= 11 is 0. The van der Waals surface area contributed by atoms with Gasteiger partial charge in [0.25, 0.3) is 0 Å². The van der Waals surface area contributed by atoms with Crippen LogP contribution in [0.5, 0.6) is 0 Å². The summed E-state index contributed by atoms with van der Waals surface area (Å²) in [6, 6.07) is 12.2. The van der Waals surface area contributed by atoms with Crippen LogP contribution in [0.15, 0.2) is 36.4 Å². The Morgan fingerprint density at radius 3 is 2.60 bits per heavy atom. The minimum Gasteiger partial charge on any atom is -0.444 e. The van der Waals surface area contributed by atoms with Crippen LogP contribution in [0.3, 0.4) is 0 Å². The van der Waals surface area contributed by atoms with Crippen LogP contribution in [-0.2, 0) is 16.1 Å². The average Bonchev–Trinajstić information content (AvgIpc) is 2.59. The molecule has 1 aromatic carbocycles. The number of benzene rings is 1. The highest BCUT2D eigenvalue weighted by Crippen LogP contribution is 2.19. The quantitative estimate of drug-likeness (QED) is 0.841. The van der Waals surface area contributed by atoms with Gasteiger partial charge in [-0.3, -0.25) is 4.98 Å². The fourth-order valence-corrected chi connectivity index (χ4v) is 2.92. The number of carbonyl (C=O) groups excluding carboxylic acids is 1. The van der Waals surface area contributed by atoms with Crippen LogP contribution in [0.4, 0.5) is 4.79 Å². The number of pyridine rings is 1. The second-order valence-corrected chi connectivity index (χ2v) is 7.47. The van der Waals surface area contributed by atoms with Gasteiger partial charge in [-0.1, -0.05) is 24.3 Å². The van der Waals surface area contributed by atoms with Gasteiger partial charge in [0.1, 0.15) is 5.60 Å². The number of piperidine rings is 1. The molecule has 0 spiro atoms. The first-order valence-electron chi connectivity index (χ1n) is 8.85. The highest BCUT2D eigenvalue weighted by atomic mass is 16.6. The molecule has 0 aliphatic carbocycles. The molecule has 1 aliphatic heterocycles. The van der Waals surface area contributed by atoms with Crippen molar-refractivity contribution in [3.05, 3.63) is 42.1 Å². The van der Waals surface area contributed by atoms with Gasteiger partial charge in [-0.15, -0.1) is 0 Å². The Morgan fingerprint density at radius 1 is 1.16 bits per heavy atom. The zero-order chi connectivity index (χ0) is 17.9. The van der Waals surface area contributed by atoms with Crippen LogP contribution in [0, 0.1) is 0 Å². The topological polar surface area (TPSA) is 51.7 Å². The molecule has 1 amide bonds. The number of ether oxygens (including phenoxy) is 2. The molecule has 134 valence electrons. The van der Waals surface area contributed by atoms with Crippen molar-refractivity contribution in [3.63, 3.8) is 0 Å². The Bertz CT molecular complexity index is 731. The van der Waals surface area contributed by atoms with E-state index >= 15 is 0 Å². The van der Waals surface area contributed by atoms with Crippen LogP contribution in [0.25, 0.3) is 10.9 Å². The molecule has 3 rings (SSSR count). The van der Waals surface area contributed by atoms with Crippen molar-refractivity contribution in [2.75, 3.05) is 13.1 Å². The van der Waals surface area contributed by atoms with E-state index in [2.05, 4.69) is 17.1 Å². The number of hydrogen-bond donors (Lipinski definition) is 0. The molecule has 25 heavy (non-hydrogen) atoms. The second kappa shape index (κ2) is 7.40. The molecule has 0 atom stereocenters. The average molecular weight is 342 g/mol. The van der Waals surface area contributed by atoms with Crippen LogP contribution in [0.2, 0.25) is 0 Å². The molecule has 5 heteroatoms. The number of fused-ring (bicyclic) bond motifs is 1. The molecule has 0 saturated carbocycles. The lowest BCUT2D eigenvalue weighted by Gasteiger charge is -2.33. The lowest BCUT2D eigenvalue weighted by molar-refractivity contribution is -0.0177. The monoisotopic (exact) mass is 342 g/mol. The third kappa shape index (κ3) is 4.92. The molecule has 2 heterocycles. The number of amides is 1. The van der Waals surface area contributed by atoms with E-state index in [9.17, 15) is 4.79 Å². The first kappa shape index (κ1) is 17.7. The van der Waals surface area contributed by atoms with Gasteiger partial charge >= 0.3 is 6.09 Å². The number of rotatable bonds is 3. The van der Waals surface area contributed by atoms with Crippen molar-refractivity contribution in [1.82, 2.24) is 9.88 Å². The third-order valence-corrected chi connectivity index (χ3v) is 4.22. The standard InChI is InChI=1S/C20H26N2O3/c1-20(2,3)25-19(23)22-12-10-17(11-13-22)24-14-16-9-8-15-6-4-5-7-18(15)21-16/h4-9,17H,10-14H2,1-3H3. The number of likely N-dealkylation sites (tertiary alicyclic amines) is 1. The predicted molar refractivity (Wildman–Crippen MR) is 97.4 cm³/mol. The van der Waals surface area contributed by atoms with Gasteiger partial charge in [-0.2, -0.15) is 0 Å². The maximum Gasteiger partial charge on any atom is 0.410 e. The molecule has 1 aliphatic rings. The van der Waals surface area contributed by atoms with Crippen LogP contribution < -0.4 is 0 Å². The summed E-state index contributed by atoms with van der Waals surface area (Å²) in [6.07, 6.45) is 1.58. The summed E-state index contributed by atoms with van der Waals surface area (Å²) in [4.78, 5) is 18.5. The molecular weight excluding hydrogens is 316 g/mol. The largest absolute Gasteiger partial charge is 0.444 e. The van der Waals surface area contributed by atoms with E-state index in [4.69, 9.17) is 9.47 Å². The zero-order valence-electron chi connectivity index (χ0n) is 15.2. The van der Waals surface area contributed by atoms with Crippen molar-refractivity contribution in [2.45, 2.75) is 51.9 Å². The Hall–Kier alpha value is -2.14. The Balaban J connectivity index is 1.48. The van der Waals surface area contributed by atoms with E-state index in [1.54, 1.807) is 4.90 Å². The summed E-state index contributed by atoms with van der Waals surface area (Å²) in [7, 11) is 0. The van der Waals surface area contributed by atoms with Crippen LogP contribution in [-0.4, -0.2) is 40.8 Å².